The van der Waals surface area contributed by atoms with E-state index < -0.39 is 0 Å². The summed E-state index contributed by atoms with van der Waals surface area (Å²) in [7, 11) is 0. The molecule has 0 amide bonds. The number of esters is 1. The fourth-order valence-corrected chi connectivity index (χ4v) is 4.56. The molecule has 0 radical (unpaired) electrons. The Kier molecular flexibility index (Phi) is 7.84. The monoisotopic (exact) mass is 384 g/mol. The van der Waals surface area contributed by atoms with Gasteiger partial charge < -0.3 is 9.47 Å². The molecule has 0 bridgehead atoms. The topological polar surface area (TPSA) is 52.6 Å². The molecule has 3 rings (SSSR count). The van der Waals surface area contributed by atoms with Crippen LogP contribution in [0, 0.1) is 23.7 Å². The lowest BCUT2D eigenvalue weighted by Gasteiger charge is -2.12. The molecule has 1 aromatic rings. The maximum absolute atomic E-state index is 12.2. The van der Waals surface area contributed by atoms with E-state index in [0.717, 1.165) is 38.5 Å². The van der Waals surface area contributed by atoms with Crippen LogP contribution in [-0.2, 0) is 25.5 Å². The molecular formula is C24H32O4. The molecule has 1 aromatic carbocycles. The molecule has 4 atom stereocenters. The second kappa shape index (κ2) is 10.6. The number of ether oxygens (including phenoxy) is 2. The second-order valence-electron chi connectivity index (χ2n) is 7.90. The van der Waals surface area contributed by atoms with Gasteiger partial charge in [-0.1, -0.05) is 48.9 Å². The van der Waals surface area contributed by atoms with Gasteiger partial charge in [0.15, 0.2) is 0 Å². The van der Waals surface area contributed by atoms with Crippen molar-refractivity contribution in [3.63, 3.8) is 0 Å². The van der Waals surface area contributed by atoms with Gasteiger partial charge in [0.05, 0.1) is 6.61 Å². The number of benzene rings is 1. The first kappa shape index (κ1) is 20.8. The van der Waals surface area contributed by atoms with E-state index in [1.165, 1.54) is 5.56 Å². The predicted octanol–water partition coefficient (Wildman–Crippen LogP) is 4.38. The average molecular weight is 385 g/mol. The van der Waals surface area contributed by atoms with E-state index in [0.29, 0.717) is 36.8 Å². The normalized spacial score (nSPS) is 25.8. The van der Waals surface area contributed by atoms with E-state index in [4.69, 9.17) is 9.47 Å². The zero-order valence-corrected chi connectivity index (χ0v) is 16.8. The Bertz CT molecular complexity index is 666. The highest BCUT2D eigenvalue weighted by Crippen LogP contribution is 2.60. The summed E-state index contributed by atoms with van der Waals surface area (Å²) in [6.07, 6.45) is 10.4. The molecule has 2 aliphatic carbocycles. The van der Waals surface area contributed by atoms with Gasteiger partial charge in [0.1, 0.15) is 12.4 Å². The summed E-state index contributed by atoms with van der Waals surface area (Å²) in [6.45, 7) is 2.75. The lowest BCUT2D eigenvalue weighted by molar-refractivity contribution is -0.148. The van der Waals surface area contributed by atoms with Crippen molar-refractivity contribution in [2.45, 2.75) is 45.4 Å². The fourth-order valence-electron chi connectivity index (χ4n) is 4.56. The van der Waals surface area contributed by atoms with Gasteiger partial charge in [0.2, 0.25) is 0 Å². The number of hydrogen-bond acceptors (Lipinski definition) is 4. The molecule has 4 nitrogen and oxygen atoms in total. The third-order valence-corrected chi connectivity index (χ3v) is 5.99. The summed E-state index contributed by atoms with van der Waals surface area (Å²) in [5, 5.41) is 0. The predicted molar refractivity (Wildman–Crippen MR) is 109 cm³/mol. The van der Waals surface area contributed by atoms with Crippen molar-refractivity contribution < 1.29 is 19.1 Å². The number of Topliss-reactive ketones (excluding diaryl/α,β-unsaturated/α-hetero) is 1. The third kappa shape index (κ3) is 5.78. The van der Waals surface area contributed by atoms with Crippen molar-refractivity contribution in [3.8, 4) is 0 Å². The van der Waals surface area contributed by atoms with Crippen LogP contribution in [0.3, 0.4) is 0 Å². The van der Waals surface area contributed by atoms with Crippen LogP contribution in [-0.4, -0.2) is 31.6 Å². The van der Waals surface area contributed by atoms with Crippen LogP contribution in [0.25, 0.3) is 0 Å². The first-order chi connectivity index (χ1) is 13.7. The highest BCUT2D eigenvalue weighted by molar-refractivity contribution is 5.85. The minimum atomic E-state index is -0.309. The molecule has 152 valence electrons. The van der Waals surface area contributed by atoms with Gasteiger partial charge in [0, 0.05) is 18.9 Å². The van der Waals surface area contributed by atoms with Gasteiger partial charge in [-0.05, 0) is 55.9 Å². The number of carbonyl (C=O) groups excluding carboxylic acids is 2. The van der Waals surface area contributed by atoms with Crippen molar-refractivity contribution in [2.24, 2.45) is 23.7 Å². The van der Waals surface area contributed by atoms with E-state index in [2.05, 4.69) is 42.5 Å². The Morgan fingerprint density at radius 1 is 1.21 bits per heavy atom. The average Bonchev–Trinajstić information content (AvgIpc) is 3.25. The van der Waals surface area contributed by atoms with E-state index in [1.54, 1.807) is 6.92 Å². The molecule has 2 aliphatic rings. The van der Waals surface area contributed by atoms with Gasteiger partial charge in [-0.2, -0.15) is 0 Å². The zero-order valence-electron chi connectivity index (χ0n) is 16.8. The number of allylic oxidation sites excluding steroid dienone is 2. The molecule has 0 aromatic heterocycles. The van der Waals surface area contributed by atoms with E-state index >= 15 is 0 Å². The van der Waals surface area contributed by atoms with Gasteiger partial charge >= 0.3 is 5.97 Å². The number of ketones is 1. The molecule has 3 unspecified atom stereocenters. The quantitative estimate of drug-likeness (QED) is 0.305. The Hall–Kier alpha value is -1.94. The zero-order chi connectivity index (χ0) is 19.8. The fraction of sp³-hybridized carbons (Fsp3) is 0.583. The van der Waals surface area contributed by atoms with Crippen molar-refractivity contribution in [1.29, 1.82) is 0 Å². The summed E-state index contributed by atoms with van der Waals surface area (Å²) in [4.78, 5) is 23.4. The summed E-state index contributed by atoms with van der Waals surface area (Å²) in [6, 6.07) is 10.6. The van der Waals surface area contributed by atoms with Crippen molar-refractivity contribution >= 4 is 11.8 Å². The SMILES string of the molecule is CCOC(=O)COCCCC[C@@H]1C(=O)CC2C(/C=C/CCc3ccccc3)C21. The molecule has 28 heavy (non-hydrogen) atoms. The number of carbonyl (C=O) groups is 2. The number of fused-ring (bicyclic) bond motifs is 1. The van der Waals surface area contributed by atoms with Crippen LogP contribution in [0.15, 0.2) is 42.5 Å². The molecule has 0 N–H and O–H groups in total. The summed E-state index contributed by atoms with van der Waals surface area (Å²) in [5.41, 5.74) is 1.38. The lowest BCUT2D eigenvalue weighted by Crippen LogP contribution is -2.15. The Morgan fingerprint density at radius 2 is 2.04 bits per heavy atom. The summed E-state index contributed by atoms with van der Waals surface area (Å²) in [5.74, 6) is 2.15. The smallest absolute Gasteiger partial charge is 0.332 e. The summed E-state index contributed by atoms with van der Waals surface area (Å²) < 4.78 is 10.2. The lowest BCUT2D eigenvalue weighted by atomic mass is 9.93. The van der Waals surface area contributed by atoms with Gasteiger partial charge in [-0.25, -0.2) is 4.79 Å². The number of hydrogen-bond donors (Lipinski definition) is 0. The van der Waals surface area contributed by atoms with E-state index in [9.17, 15) is 9.59 Å². The van der Waals surface area contributed by atoms with Gasteiger partial charge in [-0.15, -0.1) is 0 Å². The molecule has 0 heterocycles. The maximum Gasteiger partial charge on any atom is 0.332 e. The van der Waals surface area contributed by atoms with Crippen LogP contribution in [0.2, 0.25) is 0 Å². The van der Waals surface area contributed by atoms with Crippen molar-refractivity contribution in [3.05, 3.63) is 48.0 Å². The number of unbranched alkanes of at least 4 members (excludes halogenated alkanes) is 1. The maximum atomic E-state index is 12.2. The van der Waals surface area contributed by atoms with Crippen molar-refractivity contribution in [2.75, 3.05) is 19.8 Å². The first-order valence-corrected chi connectivity index (χ1v) is 10.7. The molecule has 2 saturated carbocycles. The van der Waals surface area contributed by atoms with Crippen LogP contribution in [0.5, 0.6) is 0 Å². The van der Waals surface area contributed by atoms with Crippen LogP contribution >= 0.6 is 0 Å². The standard InChI is InChI=1S/C24H32O4/c1-2-28-23(26)17-27-15-9-8-14-20-22(25)16-21-19(24(20)21)13-7-6-12-18-10-4-3-5-11-18/h3-5,7,10-11,13,19-21,24H,2,6,8-9,12,14-17H2,1H3/b13-7+/t19?,20-,21?,24?/m1/s1. The summed E-state index contributed by atoms with van der Waals surface area (Å²) >= 11 is 0. The van der Waals surface area contributed by atoms with Crippen molar-refractivity contribution in [1.82, 2.24) is 0 Å². The van der Waals surface area contributed by atoms with Gasteiger partial charge in [0.25, 0.3) is 0 Å². The van der Waals surface area contributed by atoms with Crippen LogP contribution in [0.1, 0.15) is 44.6 Å². The molecule has 0 spiro atoms. The molecule has 0 saturated heterocycles. The van der Waals surface area contributed by atoms with Crippen LogP contribution < -0.4 is 0 Å². The van der Waals surface area contributed by atoms with E-state index in [1.807, 2.05) is 0 Å². The largest absolute Gasteiger partial charge is 0.464 e. The first-order valence-electron chi connectivity index (χ1n) is 10.7. The Balaban J connectivity index is 1.30. The molecular weight excluding hydrogens is 352 g/mol. The Labute approximate surface area is 168 Å². The van der Waals surface area contributed by atoms with Crippen LogP contribution in [0.4, 0.5) is 0 Å². The van der Waals surface area contributed by atoms with E-state index in [-0.39, 0.29) is 18.5 Å². The third-order valence-electron chi connectivity index (χ3n) is 5.99. The van der Waals surface area contributed by atoms with Gasteiger partial charge in [-0.3, -0.25) is 4.79 Å². The number of aryl methyl sites for hydroxylation is 1. The second-order valence-corrected chi connectivity index (χ2v) is 7.90. The number of rotatable bonds is 12. The molecule has 0 aliphatic heterocycles. The minimum Gasteiger partial charge on any atom is -0.464 e. The highest BCUT2D eigenvalue weighted by atomic mass is 16.6. The minimum absolute atomic E-state index is 0.0246. The highest BCUT2D eigenvalue weighted by Gasteiger charge is 2.59. The Morgan fingerprint density at radius 3 is 2.82 bits per heavy atom. The molecule has 4 heteroatoms. The molecule has 2 fully saturated rings.